The molecule has 4 heterocycles. The molecule has 3 aromatic rings. The molecule has 1 aromatic carbocycles. The molecular formula is C26H31ClN6O3. The molecule has 0 aliphatic carbocycles. The van der Waals surface area contributed by atoms with Gasteiger partial charge in [-0.15, -0.1) is 0 Å². The lowest BCUT2D eigenvalue weighted by atomic mass is 10.1. The molecular weight excluding hydrogens is 480 g/mol. The molecule has 36 heavy (non-hydrogen) atoms. The van der Waals surface area contributed by atoms with Crippen molar-refractivity contribution in [3.8, 4) is 5.75 Å². The highest BCUT2D eigenvalue weighted by Gasteiger charge is 2.36. The zero-order valence-corrected chi connectivity index (χ0v) is 21.6. The smallest absolute Gasteiger partial charge is 0.293 e. The van der Waals surface area contributed by atoms with E-state index in [4.69, 9.17) is 21.3 Å². The second-order valence-electron chi connectivity index (χ2n) is 9.61. The number of nitrogens with zero attached hydrogens (tertiary/aromatic N) is 5. The number of ether oxygens (including phenoxy) is 1. The van der Waals surface area contributed by atoms with Crippen molar-refractivity contribution in [1.82, 2.24) is 19.4 Å². The Hall–Kier alpha value is -3.17. The van der Waals surface area contributed by atoms with Crippen molar-refractivity contribution >= 4 is 45.7 Å². The predicted molar refractivity (Wildman–Crippen MR) is 142 cm³/mol. The number of carbonyl (C=O) groups is 1. The van der Waals surface area contributed by atoms with Crippen molar-refractivity contribution in [1.29, 1.82) is 0 Å². The zero-order chi connectivity index (χ0) is 25.4. The molecule has 2 atom stereocenters. The number of aromatic nitrogens is 3. The first-order valence-corrected chi connectivity index (χ1v) is 12.8. The van der Waals surface area contributed by atoms with E-state index in [0.29, 0.717) is 35.3 Å². The van der Waals surface area contributed by atoms with Crippen molar-refractivity contribution in [3.63, 3.8) is 0 Å². The summed E-state index contributed by atoms with van der Waals surface area (Å²) < 4.78 is 7.04. The van der Waals surface area contributed by atoms with Crippen LogP contribution in [-0.4, -0.2) is 63.5 Å². The van der Waals surface area contributed by atoms with E-state index in [1.807, 2.05) is 18.2 Å². The van der Waals surface area contributed by atoms with E-state index < -0.39 is 0 Å². The highest BCUT2D eigenvalue weighted by atomic mass is 35.5. The molecule has 2 aliphatic heterocycles. The number of Topliss-reactive ketones (excluding diaryl/α,β-unsaturated/α-hetero) is 1. The minimum atomic E-state index is -0.285. The maximum absolute atomic E-state index is 12.7. The van der Waals surface area contributed by atoms with E-state index >= 15 is 0 Å². The van der Waals surface area contributed by atoms with E-state index in [2.05, 4.69) is 27.0 Å². The largest absolute Gasteiger partial charge is 0.480 e. The SMILES string of the molecule is CCC(=O)COc1cc2cc(Nc3nc(N4CC(C)N5CCCC5C4)ncc3Cl)ccc2n(C)c1=O. The average Bonchev–Trinajstić information content (AvgIpc) is 3.36. The molecule has 0 saturated carbocycles. The highest BCUT2D eigenvalue weighted by molar-refractivity contribution is 6.32. The van der Waals surface area contributed by atoms with Gasteiger partial charge in [-0.25, -0.2) is 4.98 Å². The summed E-state index contributed by atoms with van der Waals surface area (Å²) in [6.07, 6.45) is 4.45. The lowest BCUT2D eigenvalue weighted by Gasteiger charge is -2.42. The molecule has 0 radical (unpaired) electrons. The molecule has 2 unspecified atom stereocenters. The van der Waals surface area contributed by atoms with Gasteiger partial charge in [0, 0.05) is 49.7 Å². The summed E-state index contributed by atoms with van der Waals surface area (Å²) in [4.78, 5) is 38.4. The molecule has 2 aromatic heterocycles. The number of hydrogen-bond acceptors (Lipinski definition) is 8. The molecule has 0 bridgehead atoms. The summed E-state index contributed by atoms with van der Waals surface area (Å²) >= 11 is 6.47. The van der Waals surface area contributed by atoms with Gasteiger partial charge in [-0.1, -0.05) is 18.5 Å². The molecule has 0 spiro atoms. The Balaban J connectivity index is 1.40. The Kier molecular flexibility index (Phi) is 6.85. The Morgan fingerprint density at radius 1 is 1.28 bits per heavy atom. The molecule has 0 amide bonds. The molecule has 5 rings (SSSR count). The van der Waals surface area contributed by atoms with Gasteiger partial charge in [-0.05, 0) is 50.6 Å². The number of carbonyl (C=O) groups excluding carboxylic acids is 1. The van der Waals surface area contributed by atoms with Crippen LogP contribution in [0.1, 0.15) is 33.1 Å². The fourth-order valence-electron chi connectivity index (χ4n) is 5.18. The van der Waals surface area contributed by atoms with E-state index in [-0.39, 0.29) is 23.7 Å². The van der Waals surface area contributed by atoms with Crippen LogP contribution in [-0.2, 0) is 11.8 Å². The van der Waals surface area contributed by atoms with Crippen LogP contribution in [0.15, 0.2) is 35.3 Å². The van der Waals surface area contributed by atoms with Crippen LogP contribution < -0.4 is 20.5 Å². The minimum absolute atomic E-state index is 0.0643. The van der Waals surface area contributed by atoms with Gasteiger partial charge in [-0.3, -0.25) is 14.5 Å². The van der Waals surface area contributed by atoms with Crippen LogP contribution in [0.2, 0.25) is 5.02 Å². The number of piperazine rings is 1. The maximum atomic E-state index is 12.7. The zero-order valence-electron chi connectivity index (χ0n) is 20.8. The van der Waals surface area contributed by atoms with Gasteiger partial charge >= 0.3 is 0 Å². The van der Waals surface area contributed by atoms with E-state index in [1.165, 1.54) is 24.0 Å². The number of ketones is 1. The highest BCUT2D eigenvalue weighted by Crippen LogP contribution is 2.31. The van der Waals surface area contributed by atoms with Crippen LogP contribution in [0.4, 0.5) is 17.5 Å². The Morgan fingerprint density at radius 2 is 2.11 bits per heavy atom. The van der Waals surface area contributed by atoms with Crippen molar-refractivity contribution in [2.45, 2.75) is 45.2 Å². The van der Waals surface area contributed by atoms with Gasteiger partial charge in [-0.2, -0.15) is 4.98 Å². The van der Waals surface area contributed by atoms with Gasteiger partial charge in [0.05, 0.1) is 11.7 Å². The average molecular weight is 511 g/mol. The number of pyridine rings is 1. The van der Waals surface area contributed by atoms with Gasteiger partial charge in [0.1, 0.15) is 11.6 Å². The first-order chi connectivity index (χ1) is 17.3. The monoisotopic (exact) mass is 510 g/mol. The third-order valence-corrected chi connectivity index (χ3v) is 7.43. The molecule has 1 N–H and O–H groups in total. The molecule has 2 aliphatic rings. The predicted octanol–water partition coefficient (Wildman–Crippen LogP) is 3.76. The van der Waals surface area contributed by atoms with Crippen LogP contribution in [0.5, 0.6) is 5.75 Å². The molecule has 2 fully saturated rings. The quantitative estimate of drug-likeness (QED) is 0.513. The first-order valence-electron chi connectivity index (χ1n) is 12.4. The Morgan fingerprint density at radius 3 is 2.92 bits per heavy atom. The lowest BCUT2D eigenvalue weighted by molar-refractivity contribution is -0.120. The lowest BCUT2D eigenvalue weighted by Crippen LogP contribution is -2.55. The van der Waals surface area contributed by atoms with Gasteiger partial charge in [0.25, 0.3) is 5.56 Å². The number of rotatable bonds is 7. The van der Waals surface area contributed by atoms with Gasteiger partial charge in [0.2, 0.25) is 5.95 Å². The van der Waals surface area contributed by atoms with Crippen molar-refractivity contribution in [2.75, 3.05) is 36.5 Å². The minimum Gasteiger partial charge on any atom is -0.480 e. The number of nitrogens with one attached hydrogen (secondary N) is 1. The van der Waals surface area contributed by atoms with E-state index in [1.54, 1.807) is 26.2 Å². The van der Waals surface area contributed by atoms with E-state index in [9.17, 15) is 9.59 Å². The normalized spacial score (nSPS) is 19.9. The number of fused-ring (bicyclic) bond motifs is 2. The molecule has 9 nitrogen and oxygen atoms in total. The van der Waals surface area contributed by atoms with Gasteiger partial charge in [0.15, 0.2) is 17.4 Å². The summed E-state index contributed by atoms with van der Waals surface area (Å²) in [5.41, 5.74) is 1.22. The Labute approximate surface area is 215 Å². The second kappa shape index (κ2) is 10.1. The molecule has 10 heteroatoms. The van der Waals surface area contributed by atoms with Crippen LogP contribution in [0.25, 0.3) is 10.9 Å². The molecule has 2 saturated heterocycles. The summed E-state index contributed by atoms with van der Waals surface area (Å²) in [7, 11) is 1.69. The number of aryl methyl sites for hydroxylation is 1. The van der Waals surface area contributed by atoms with Gasteiger partial charge < -0.3 is 19.5 Å². The number of halogens is 1. The fourth-order valence-corrected chi connectivity index (χ4v) is 5.32. The fraction of sp³-hybridized carbons (Fsp3) is 0.462. The third kappa shape index (κ3) is 4.77. The number of hydrogen-bond donors (Lipinski definition) is 1. The standard InChI is InChI=1S/C26H31ClN6O3/c1-4-20(34)15-36-23-11-17-10-18(7-8-22(17)31(3)25(23)35)29-24-21(27)12-28-26(30-24)32-13-16(2)33-9-5-6-19(33)14-32/h7-8,10-12,16,19H,4-6,9,13-15H2,1-3H3,(H,28,29,30). The maximum Gasteiger partial charge on any atom is 0.293 e. The van der Waals surface area contributed by atoms with Crippen molar-refractivity contribution < 1.29 is 9.53 Å². The van der Waals surface area contributed by atoms with E-state index in [0.717, 1.165) is 29.7 Å². The summed E-state index contributed by atoms with van der Waals surface area (Å²) in [6.45, 7) is 6.87. The first kappa shape index (κ1) is 24.5. The number of benzene rings is 1. The summed E-state index contributed by atoms with van der Waals surface area (Å²) in [6, 6.07) is 8.30. The van der Waals surface area contributed by atoms with Crippen LogP contribution in [0, 0.1) is 0 Å². The third-order valence-electron chi connectivity index (χ3n) is 7.16. The van der Waals surface area contributed by atoms with Crippen molar-refractivity contribution in [3.05, 3.63) is 45.8 Å². The summed E-state index contributed by atoms with van der Waals surface area (Å²) in [5.74, 6) is 1.27. The molecule has 190 valence electrons. The Bertz CT molecular complexity index is 1360. The van der Waals surface area contributed by atoms with Crippen molar-refractivity contribution in [2.24, 2.45) is 7.05 Å². The topological polar surface area (TPSA) is 92.6 Å². The summed E-state index contributed by atoms with van der Waals surface area (Å²) in [5, 5.41) is 4.53. The van der Waals surface area contributed by atoms with Crippen LogP contribution >= 0.6 is 11.6 Å². The number of anilines is 3. The second-order valence-corrected chi connectivity index (χ2v) is 10.0. The van der Waals surface area contributed by atoms with Crippen LogP contribution in [0.3, 0.4) is 0 Å².